The molecule has 74 valence electrons. The second-order valence-electron chi connectivity index (χ2n) is 4.14. The zero-order valence-electron chi connectivity index (χ0n) is 8.34. The second kappa shape index (κ2) is 3.68. The molecular formula is C9H16ClN3. The van der Waals surface area contributed by atoms with Gasteiger partial charge < -0.3 is 10.3 Å². The van der Waals surface area contributed by atoms with Crippen molar-refractivity contribution in [3.8, 4) is 0 Å². The molecule has 1 heterocycles. The second-order valence-corrected chi connectivity index (χ2v) is 4.50. The van der Waals surface area contributed by atoms with Crippen molar-refractivity contribution >= 4 is 11.6 Å². The Morgan fingerprint density at radius 2 is 2.23 bits per heavy atom. The predicted molar refractivity (Wildman–Crippen MR) is 54.8 cm³/mol. The quantitative estimate of drug-likeness (QED) is 0.808. The number of nitrogens with zero attached hydrogens (tertiary/aromatic N) is 2. The predicted octanol–water partition coefficient (Wildman–Crippen LogP) is 1.60. The highest BCUT2D eigenvalue weighted by molar-refractivity contribution is 6.30. The molecule has 13 heavy (non-hydrogen) atoms. The lowest BCUT2D eigenvalue weighted by Gasteiger charge is -2.22. The highest BCUT2D eigenvalue weighted by Crippen LogP contribution is 2.24. The van der Waals surface area contributed by atoms with Crippen LogP contribution in [0.4, 0.5) is 0 Å². The number of hydrogen-bond acceptors (Lipinski definition) is 2. The average molecular weight is 202 g/mol. The molecule has 0 amide bonds. The van der Waals surface area contributed by atoms with Gasteiger partial charge in [-0.25, -0.2) is 4.98 Å². The molecule has 0 aliphatic heterocycles. The maximum absolute atomic E-state index is 5.94. The van der Waals surface area contributed by atoms with E-state index in [4.69, 9.17) is 17.3 Å². The number of imidazole rings is 1. The van der Waals surface area contributed by atoms with Crippen LogP contribution >= 0.6 is 11.6 Å². The first-order chi connectivity index (χ1) is 5.96. The van der Waals surface area contributed by atoms with Crippen LogP contribution in [0.2, 0.25) is 5.15 Å². The molecule has 0 bridgehead atoms. The van der Waals surface area contributed by atoms with Gasteiger partial charge in [-0.2, -0.15) is 0 Å². The minimum atomic E-state index is 0.0808. The lowest BCUT2D eigenvalue weighted by Crippen LogP contribution is -2.26. The fourth-order valence-corrected chi connectivity index (χ4v) is 1.39. The minimum absolute atomic E-state index is 0.0808. The van der Waals surface area contributed by atoms with Gasteiger partial charge in [-0.3, -0.25) is 0 Å². The summed E-state index contributed by atoms with van der Waals surface area (Å²) in [5.41, 5.74) is 6.78. The van der Waals surface area contributed by atoms with Gasteiger partial charge in [-0.1, -0.05) is 25.4 Å². The topological polar surface area (TPSA) is 43.8 Å². The normalized spacial score (nSPS) is 12.1. The summed E-state index contributed by atoms with van der Waals surface area (Å²) in [7, 11) is 1.95. The number of hydrogen-bond donors (Lipinski definition) is 1. The molecule has 2 N–H and O–H groups in total. The first-order valence-electron chi connectivity index (χ1n) is 4.32. The molecule has 0 aliphatic carbocycles. The Morgan fingerprint density at radius 1 is 1.62 bits per heavy atom. The first kappa shape index (κ1) is 10.5. The SMILES string of the molecule is Cn1cnc(Cl)c1CC(C)(C)CN. The molecular weight excluding hydrogens is 186 g/mol. The lowest BCUT2D eigenvalue weighted by molar-refractivity contribution is 0.368. The van der Waals surface area contributed by atoms with Crippen LogP contribution < -0.4 is 5.73 Å². The zero-order chi connectivity index (χ0) is 10.1. The van der Waals surface area contributed by atoms with Crippen LogP contribution in [0.3, 0.4) is 0 Å². The molecule has 0 radical (unpaired) electrons. The minimum Gasteiger partial charge on any atom is -0.336 e. The Balaban J connectivity index is 2.85. The summed E-state index contributed by atoms with van der Waals surface area (Å²) in [5.74, 6) is 0. The molecule has 0 saturated carbocycles. The van der Waals surface area contributed by atoms with Crippen molar-refractivity contribution in [2.45, 2.75) is 20.3 Å². The molecule has 0 fully saturated rings. The van der Waals surface area contributed by atoms with Crippen molar-refractivity contribution in [1.82, 2.24) is 9.55 Å². The van der Waals surface area contributed by atoms with Crippen molar-refractivity contribution in [3.05, 3.63) is 17.2 Å². The van der Waals surface area contributed by atoms with E-state index < -0.39 is 0 Å². The molecule has 3 nitrogen and oxygen atoms in total. The molecule has 1 rings (SSSR count). The summed E-state index contributed by atoms with van der Waals surface area (Å²) in [6.45, 7) is 4.89. The van der Waals surface area contributed by atoms with Gasteiger partial charge in [0.25, 0.3) is 0 Å². The Bertz CT molecular complexity index is 272. The van der Waals surface area contributed by atoms with Gasteiger partial charge in [0.1, 0.15) is 5.15 Å². The molecule has 0 spiro atoms. The van der Waals surface area contributed by atoms with Crippen LogP contribution in [0.1, 0.15) is 19.5 Å². The van der Waals surface area contributed by atoms with E-state index in [2.05, 4.69) is 18.8 Å². The summed E-state index contributed by atoms with van der Waals surface area (Å²) >= 11 is 5.94. The summed E-state index contributed by atoms with van der Waals surface area (Å²) in [5, 5.41) is 0.587. The number of rotatable bonds is 3. The van der Waals surface area contributed by atoms with Crippen molar-refractivity contribution in [3.63, 3.8) is 0 Å². The fraction of sp³-hybridized carbons (Fsp3) is 0.667. The summed E-state index contributed by atoms with van der Waals surface area (Å²) in [4.78, 5) is 4.02. The molecule has 4 heteroatoms. The van der Waals surface area contributed by atoms with Crippen molar-refractivity contribution in [2.75, 3.05) is 6.54 Å². The van der Waals surface area contributed by atoms with E-state index in [1.165, 1.54) is 0 Å². The van der Waals surface area contributed by atoms with Crippen molar-refractivity contribution in [2.24, 2.45) is 18.2 Å². The third-order valence-electron chi connectivity index (χ3n) is 2.21. The molecule has 0 saturated heterocycles. The van der Waals surface area contributed by atoms with E-state index in [1.807, 2.05) is 11.6 Å². The van der Waals surface area contributed by atoms with E-state index in [-0.39, 0.29) is 5.41 Å². The maximum Gasteiger partial charge on any atom is 0.150 e. The van der Waals surface area contributed by atoms with Crippen LogP contribution in [0.5, 0.6) is 0 Å². The van der Waals surface area contributed by atoms with E-state index >= 15 is 0 Å². The fourth-order valence-electron chi connectivity index (χ4n) is 1.15. The highest BCUT2D eigenvalue weighted by atomic mass is 35.5. The van der Waals surface area contributed by atoms with Crippen molar-refractivity contribution < 1.29 is 0 Å². The lowest BCUT2D eigenvalue weighted by atomic mass is 9.88. The maximum atomic E-state index is 5.94. The Hall–Kier alpha value is -0.540. The summed E-state index contributed by atoms with van der Waals surface area (Å²) in [6.07, 6.45) is 2.59. The molecule has 0 aliphatic rings. The van der Waals surface area contributed by atoms with Gasteiger partial charge in [-0.05, 0) is 18.4 Å². The summed E-state index contributed by atoms with van der Waals surface area (Å²) < 4.78 is 1.94. The third-order valence-corrected chi connectivity index (χ3v) is 2.52. The number of aromatic nitrogens is 2. The number of halogens is 1. The van der Waals surface area contributed by atoms with Crippen molar-refractivity contribution in [1.29, 1.82) is 0 Å². The van der Waals surface area contributed by atoms with E-state index in [1.54, 1.807) is 6.33 Å². The zero-order valence-corrected chi connectivity index (χ0v) is 9.10. The number of aryl methyl sites for hydroxylation is 1. The molecule has 0 aromatic carbocycles. The Labute approximate surface area is 83.9 Å². The third kappa shape index (κ3) is 2.45. The first-order valence-corrected chi connectivity index (χ1v) is 4.70. The largest absolute Gasteiger partial charge is 0.336 e. The summed E-state index contributed by atoms with van der Waals surface area (Å²) in [6, 6.07) is 0. The molecule has 0 atom stereocenters. The monoisotopic (exact) mass is 201 g/mol. The molecule has 1 aromatic heterocycles. The van der Waals surface area contributed by atoms with Crippen LogP contribution in [0.15, 0.2) is 6.33 Å². The smallest absolute Gasteiger partial charge is 0.150 e. The van der Waals surface area contributed by atoms with E-state index in [9.17, 15) is 0 Å². The van der Waals surface area contributed by atoms with Gasteiger partial charge in [0.15, 0.2) is 0 Å². The van der Waals surface area contributed by atoms with Gasteiger partial charge in [0, 0.05) is 7.05 Å². The average Bonchev–Trinajstić information content (AvgIpc) is 2.36. The van der Waals surface area contributed by atoms with Gasteiger partial charge in [0.05, 0.1) is 12.0 Å². The standard InChI is InChI=1S/C9H16ClN3/c1-9(2,5-11)4-7-8(10)12-6-13(7)3/h6H,4-5,11H2,1-3H3. The number of nitrogens with two attached hydrogens (primary N) is 1. The molecule has 1 aromatic rings. The van der Waals surface area contributed by atoms with Crippen LogP contribution in [0, 0.1) is 5.41 Å². The van der Waals surface area contributed by atoms with Gasteiger partial charge in [-0.15, -0.1) is 0 Å². The highest BCUT2D eigenvalue weighted by Gasteiger charge is 2.20. The van der Waals surface area contributed by atoms with Gasteiger partial charge in [0.2, 0.25) is 0 Å². The Morgan fingerprint density at radius 3 is 2.62 bits per heavy atom. The van der Waals surface area contributed by atoms with E-state index in [0.717, 1.165) is 12.1 Å². The van der Waals surface area contributed by atoms with E-state index in [0.29, 0.717) is 11.7 Å². The van der Waals surface area contributed by atoms with Crippen LogP contribution in [-0.4, -0.2) is 16.1 Å². The Kier molecular flexibility index (Phi) is 2.98. The van der Waals surface area contributed by atoms with Crippen LogP contribution in [-0.2, 0) is 13.5 Å². The molecule has 0 unspecified atom stereocenters. The van der Waals surface area contributed by atoms with Crippen LogP contribution in [0.25, 0.3) is 0 Å². The van der Waals surface area contributed by atoms with Gasteiger partial charge >= 0.3 is 0 Å².